The van der Waals surface area contributed by atoms with Crippen LogP contribution in [0.15, 0.2) is 35.2 Å². The van der Waals surface area contributed by atoms with Crippen molar-refractivity contribution in [2.24, 2.45) is 5.73 Å². The van der Waals surface area contributed by atoms with E-state index in [2.05, 4.69) is 0 Å². The third kappa shape index (κ3) is 5.17. The molecule has 1 heterocycles. The molecule has 8 heteroatoms. The highest BCUT2D eigenvalue weighted by molar-refractivity contribution is 7.89. The van der Waals surface area contributed by atoms with Crippen molar-refractivity contribution >= 4 is 28.3 Å². The van der Waals surface area contributed by atoms with Crippen molar-refractivity contribution in [1.29, 1.82) is 0 Å². The number of halogens is 1. The highest BCUT2D eigenvalue weighted by Gasteiger charge is 2.28. The molecule has 23 heavy (non-hydrogen) atoms. The van der Waals surface area contributed by atoms with Crippen molar-refractivity contribution in [3.05, 3.63) is 30.3 Å². The van der Waals surface area contributed by atoms with E-state index in [0.717, 1.165) is 0 Å². The van der Waals surface area contributed by atoms with Crippen LogP contribution in [0.1, 0.15) is 19.8 Å². The van der Waals surface area contributed by atoms with Crippen molar-refractivity contribution in [3.8, 4) is 0 Å². The van der Waals surface area contributed by atoms with E-state index in [1.165, 1.54) is 4.31 Å². The van der Waals surface area contributed by atoms with Gasteiger partial charge in [0, 0.05) is 38.6 Å². The summed E-state index contributed by atoms with van der Waals surface area (Å²) in [7, 11) is -3.49. The Kier molecular flexibility index (Phi) is 7.47. The average Bonchev–Trinajstić information content (AvgIpc) is 2.74. The van der Waals surface area contributed by atoms with Crippen molar-refractivity contribution < 1.29 is 13.2 Å². The van der Waals surface area contributed by atoms with Crippen LogP contribution in [0.25, 0.3) is 0 Å². The van der Waals surface area contributed by atoms with Crippen LogP contribution in [0.2, 0.25) is 0 Å². The molecule has 0 saturated carbocycles. The van der Waals surface area contributed by atoms with Crippen LogP contribution in [0.3, 0.4) is 0 Å². The first-order valence-corrected chi connectivity index (χ1v) is 8.94. The van der Waals surface area contributed by atoms with Gasteiger partial charge >= 0.3 is 0 Å². The zero-order valence-corrected chi connectivity index (χ0v) is 14.9. The standard InChI is InChI=1S/C15H23N3O3S.ClH/c1-13(16)12-15(19)17-8-5-9-18(11-10-17)22(20,21)14-6-3-2-4-7-14;/h2-4,6-7,13H,5,8-12,16H2,1H3;1H. The second kappa shape index (κ2) is 8.63. The summed E-state index contributed by atoms with van der Waals surface area (Å²) in [5.74, 6) is -0.00559. The van der Waals surface area contributed by atoms with Gasteiger partial charge in [-0.25, -0.2) is 8.42 Å². The van der Waals surface area contributed by atoms with Gasteiger partial charge in [0.2, 0.25) is 15.9 Å². The Morgan fingerprint density at radius 2 is 1.83 bits per heavy atom. The Bertz CT molecular complexity index is 608. The number of sulfonamides is 1. The molecule has 1 aliphatic rings. The van der Waals surface area contributed by atoms with E-state index in [4.69, 9.17) is 5.73 Å². The number of amides is 1. The van der Waals surface area contributed by atoms with E-state index in [-0.39, 0.29) is 24.4 Å². The highest BCUT2D eigenvalue weighted by Crippen LogP contribution is 2.17. The maximum Gasteiger partial charge on any atom is 0.243 e. The second-order valence-corrected chi connectivity index (χ2v) is 7.57. The Labute approximate surface area is 144 Å². The van der Waals surface area contributed by atoms with Gasteiger partial charge in [-0.1, -0.05) is 18.2 Å². The van der Waals surface area contributed by atoms with Gasteiger partial charge in [-0.3, -0.25) is 4.79 Å². The molecule has 6 nitrogen and oxygen atoms in total. The maximum absolute atomic E-state index is 12.6. The van der Waals surface area contributed by atoms with E-state index >= 15 is 0 Å². The molecular weight excluding hydrogens is 338 g/mol. The van der Waals surface area contributed by atoms with Gasteiger partial charge in [-0.05, 0) is 25.5 Å². The van der Waals surface area contributed by atoms with E-state index in [1.807, 2.05) is 0 Å². The molecule has 0 radical (unpaired) electrons. The lowest BCUT2D eigenvalue weighted by Gasteiger charge is -2.22. The molecule has 1 aliphatic heterocycles. The molecule has 2 N–H and O–H groups in total. The van der Waals surface area contributed by atoms with Crippen LogP contribution in [-0.2, 0) is 14.8 Å². The van der Waals surface area contributed by atoms with Gasteiger partial charge in [0.1, 0.15) is 0 Å². The fourth-order valence-corrected chi connectivity index (χ4v) is 4.02. The van der Waals surface area contributed by atoms with Crippen molar-refractivity contribution in [2.75, 3.05) is 26.2 Å². The Hall–Kier alpha value is -1.15. The fourth-order valence-electron chi connectivity index (χ4n) is 2.53. The summed E-state index contributed by atoms with van der Waals surface area (Å²) in [6.45, 7) is 3.53. The average molecular weight is 362 g/mol. The predicted octanol–water partition coefficient (Wildman–Crippen LogP) is 1.07. The largest absolute Gasteiger partial charge is 0.341 e. The number of hydrogen-bond acceptors (Lipinski definition) is 4. The number of carbonyl (C=O) groups is 1. The van der Waals surface area contributed by atoms with E-state index in [1.54, 1.807) is 42.2 Å². The smallest absolute Gasteiger partial charge is 0.243 e. The molecular formula is C15H24ClN3O3S. The molecule has 0 aromatic heterocycles. The Balaban J connectivity index is 0.00000264. The van der Waals surface area contributed by atoms with Gasteiger partial charge in [0.05, 0.1) is 4.90 Å². The van der Waals surface area contributed by atoms with Crippen LogP contribution in [0.4, 0.5) is 0 Å². The van der Waals surface area contributed by atoms with E-state index in [9.17, 15) is 13.2 Å². The van der Waals surface area contributed by atoms with Crippen molar-refractivity contribution in [3.63, 3.8) is 0 Å². The molecule has 0 bridgehead atoms. The summed E-state index contributed by atoms with van der Waals surface area (Å²) in [6, 6.07) is 8.22. The molecule has 0 aliphatic carbocycles. The minimum atomic E-state index is -3.49. The normalized spacial score (nSPS) is 17.9. The lowest BCUT2D eigenvalue weighted by Crippen LogP contribution is -2.39. The van der Waals surface area contributed by atoms with E-state index < -0.39 is 10.0 Å². The fraction of sp³-hybridized carbons (Fsp3) is 0.533. The molecule has 1 amide bonds. The third-order valence-corrected chi connectivity index (χ3v) is 5.60. The van der Waals surface area contributed by atoms with Crippen LogP contribution < -0.4 is 5.73 Å². The Morgan fingerprint density at radius 3 is 2.43 bits per heavy atom. The molecule has 1 aromatic rings. The molecule has 2 rings (SSSR count). The van der Waals surface area contributed by atoms with Gasteiger partial charge < -0.3 is 10.6 Å². The molecule has 0 spiro atoms. The monoisotopic (exact) mass is 361 g/mol. The number of nitrogens with two attached hydrogens (primary N) is 1. The van der Waals surface area contributed by atoms with Crippen LogP contribution in [0.5, 0.6) is 0 Å². The minimum Gasteiger partial charge on any atom is -0.341 e. The van der Waals surface area contributed by atoms with Crippen LogP contribution in [0, 0.1) is 0 Å². The predicted molar refractivity (Wildman–Crippen MR) is 91.9 cm³/mol. The quantitative estimate of drug-likeness (QED) is 0.869. The highest BCUT2D eigenvalue weighted by atomic mass is 35.5. The van der Waals surface area contributed by atoms with Gasteiger partial charge in [-0.15, -0.1) is 12.4 Å². The Morgan fingerprint density at radius 1 is 1.17 bits per heavy atom. The third-order valence-electron chi connectivity index (χ3n) is 3.69. The van der Waals surface area contributed by atoms with Gasteiger partial charge in [0.15, 0.2) is 0 Å². The summed E-state index contributed by atoms with van der Waals surface area (Å²) < 4.78 is 26.7. The first-order chi connectivity index (χ1) is 10.4. The lowest BCUT2D eigenvalue weighted by molar-refractivity contribution is -0.131. The topological polar surface area (TPSA) is 83.7 Å². The number of nitrogens with zero attached hydrogens (tertiary/aromatic N) is 2. The number of rotatable bonds is 4. The van der Waals surface area contributed by atoms with Crippen molar-refractivity contribution in [2.45, 2.75) is 30.7 Å². The zero-order chi connectivity index (χ0) is 16.2. The summed E-state index contributed by atoms with van der Waals surface area (Å²) in [5.41, 5.74) is 5.66. The first-order valence-electron chi connectivity index (χ1n) is 7.50. The van der Waals surface area contributed by atoms with Crippen molar-refractivity contribution in [1.82, 2.24) is 9.21 Å². The van der Waals surface area contributed by atoms with E-state index in [0.29, 0.717) is 43.9 Å². The molecule has 130 valence electrons. The number of benzene rings is 1. The summed E-state index contributed by atoms with van der Waals surface area (Å²) in [5, 5.41) is 0. The summed E-state index contributed by atoms with van der Waals surface area (Å²) >= 11 is 0. The molecule has 1 fully saturated rings. The molecule has 1 saturated heterocycles. The maximum atomic E-state index is 12.6. The molecule has 1 unspecified atom stereocenters. The van der Waals surface area contributed by atoms with Gasteiger partial charge in [-0.2, -0.15) is 4.31 Å². The van der Waals surface area contributed by atoms with Crippen LogP contribution in [-0.4, -0.2) is 55.8 Å². The lowest BCUT2D eigenvalue weighted by atomic mass is 10.2. The first kappa shape index (κ1) is 19.9. The summed E-state index contributed by atoms with van der Waals surface area (Å²) in [4.78, 5) is 14.1. The minimum absolute atomic E-state index is 0. The zero-order valence-electron chi connectivity index (χ0n) is 13.2. The number of hydrogen-bond donors (Lipinski definition) is 1. The van der Waals surface area contributed by atoms with Gasteiger partial charge in [0.25, 0.3) is 0 Å². The second-order valence-electron chi connectivity index (χ2n) is 5.63. The number of carbonyl (C=O) groups excluding carboxylic acids is 1. The SMILES string of the molecule is CC(N)CC(=O)N1CCCN(S(=O)(=O)c2ccccc2)CC1.Cl. The molecule has 1 aromatic carbocycles. The summed E-state index contributed by atoms with van der Waals surface area (Å²) in [6.07, 6.45) is 0.933. The molecule has 1 atom stereocenters. The van der Waals surface area contributed by atoms with Crippen LogP contribution >= 0.6 is 12.4 Å².